The predicted molar refractivity (Wildman–Crippen MR) is 75.2 cm³/mol. The van der Waals surface area contributed by atoms with Gasteiger partial charge in [-0.25, -0.2) is 4.39 Å². The van der Waals surface area contributed by atoms with Crippen LogP contribution in [0.2, 0.25) is 0 Å². The number of fused-ring (bicyclic) bond motifs is 1. The lowest BCUT2D eigenvalue weighted by molar-refractivity contribution is 0.0616. The number of aliphatic hydroxyl groups is 1. The molecule has 104 valence electrons. The zero-order chi connectivity index (χ0) is 13.9. The Bertz CT molecular complexity index is 583. The SMILES string of the molecule is O[C@@H]1CC(CCc2ccccc2)Oc2cc(F)ccc21. The molecule has 2 aromatic rings. The van der Waals surface area contributed by atoms with E-state index in [1.54, 1.807) is 6.07 Å². The first-order chi connectivity index (χ1) is 9.72. The van der Waals surface area contributed by atoms with Crippen LogP contribution in [0.4, 0.5) is 4.39 Å². The van der Waals surface area contributed by atoms with Gasteiger partial charge < -0.3 is 9.84 Å². The molecule has 1 aliphatic heterocycles. The normalized spacial score (nSPS) is 21.1. The second kappa shape index (κ2) is 5.63. The first kappa shape index (κ1) is 13.1. The molecule has 1 unspecified atom stereocenters. The minimum Gasteiger partial charge on any atom is -0.490 e. The van der Waals surface area contributed by atoms with Crippen LogP contribution in [0.25, 0.3) is 0 Å². The van der Waals surface area contributed by atoms with Gasteiger partial charge >= 0.3 is 0 Å². The van der Waals surface area contributed by atoms with E-state index in [1.165, 1.54) is 17.7 Å². The molecule has 0 spiro atoms. The summed E-state index contributed by atoms with van der Waals surface area (Å²) in [5.41, 5.74) is 1.93. The average Bonchev–Trinajstić information content (AvgIpc) is 2.46. The van der Waals surface area contributed by atoms with Crippen LogP contribution in [-0.2, 0) is 6.42 Å². The van der Waals surface area contributed by atoms with Crippen molar-refractivity contribution in [2.75, 3.05) is 0 Å². The molecule has 0 aromatic heterocycles. The molecule has 1 heterocycles. The Morgan fingerprint density at radius 1 is 1.15 bits per heavy atom. The van der Waals surface area contributed by atoms with Crippen LogP contribution in [0.5, 0.6) is 5.75 Å². The fourth-order valence-electron chi connectivity index (χ4n) is 2.64. The lowest BCUT2D eigenvalue weighted by Gasteiger charge is -2.29. The maximum Gasteiger partial charge on any atom is 0.128 e. The number of ether oxygens (including phenoxy) is 1. The van der Waals surface area contributed by atoms with Crippen molar-refractivity contribution in [1.29, 1.82) is 0 Å². The monoisotopic (exact) mass is 272 g/mol. The minimum absolute atomic E-state index is 0.0699. The average molecular weight is 272 g/mol. The topological polar surface area (TPSA) is 29.5 Å². The number of halogens is 1. The molecule has 20 heavy (non-hydrogen) atoms. The van der Waals surface area contributed by atoms with E-state index in [9.17, 15) is 9.50 Å². The fraction of sp³-hybridized carbons (Fsp3) is 0.294. The van der Waals surface area contributed by atoms with Gasteiger partial charge in [0.2, 0.25) is 0 Å². The Labute approximate surface area is 117 Å². The summed E-state index contributed by atoms with van der Waals surface area (Å²) in [5.74, 6) is 0.140. The van der Waals surface area contributed by atoms with Gasteiger partial charge in [0.1, 0.15) is 17.7 Å². The van der Waals surface area contributed by atoms with E-state index in [0.29, 0.717) is 17.7 Å². The lowest BCUT2D eigenvalue weighted by Crippen LogP contribution is -2.26. The third-order valence-electron chi connectivity index (χ3n) is 3.71. The smallest absolute Gasteiger partial charge is 0.128 e. The molecular weight excluding hydrogens is 255 g/mol. The minimum atomic E-state index is -0.569. The molecule has 0 saturated carbocycles. The summed E-state index contributed by atoms with van der Waals surface area (Å²) in [4.78, 5) is 0. The Morgan fingerprint density at radius 2 is 1.95 bits per heavy atom. The van der Waals surface area contributed by atoms with E-state index in [-0.39, 0.29) is 11.9 Å². The molecule has 0 fully saturated rings. The third-order valence-corrected chi connectivity index (χ3v) is 3.71. The van der Waals surface area contributed by atoms with Gasteiger partial charge in [0.05, 0.1) is 6.10 Å². The molecule has 0 amide bonds. The lowest BCUT2D eigenvalue weighted by atomic mass is 9.95. The highest BCUT2D eigenvalue weighted by molar-refractivity contribution is 5.37. The summed E-state index contributed by atoms with van der Waals surface area (Å²) < 4.78 is 19.0. The van der Waals surface area contributed by atoms with E-state index in [0.717, 1.165) is 12.8 Å². The van der Waals surface area contributed by atoms with Crippen LogP contribution in [0.15, 0.2) is 48.5 Å². The number of hydrogen-bond acceptors (Lipinski definition) is 2. The standard InChI is InChI=1S/C17H17FO2/c18-13-7-9-15-16(19)11-14(20-17(15)10-13)8-6-12-4-2-1-3-5-12/h1-5,7,9-10,14,16,19H,6,8,11H2/t14?,16-/m1/s1. The van der Waals surface area contributed by atoms with Crippen LogP contribution in [0.3, 0.4) is 0 Å². The van der Waals surface area contributed by atoms with Crippen LogP contribution >= 0.6 is 0 Å². The highest BCUT2D eigenvalue weighted by Gasteiger charge is 2.26. The first-order valence-electron chi connectivity index (χ1n) is 6.90. The van der Waals surface area contributed by atoms with Crippen LogP contribution in [0, 0.1) is 5.82 Å². The van der Waals surface area contributed by atoms with Gasteiger partial charge in [-0.2, -0.15) is 0 Å². The summed E-state index contributed by atoms with van der Waals surface area (Å²) in [5, 5.41) is 10.1. The summed E-state index contributed by atoms with van der Waals surface area (Å²) in [6.45, 7) is 0. The van der Waals surface area contributed by atoms with Gasteiger partial charge in [0, 0.05) is 18.1 Å². The molecule has 1 aliphatic rings. The Morgan fingerprint density at radius 3 is 2.75 bits per heavy atom. The molecule has 0 saturated heterocycles. The summed E-state index contributed by atoms with van der Waals surface area (Å²) in [7, 11) is 0. The van der Waals surface area contributed by atoms with Crippen molar-refractivity contribution in [3.8, 4) is 5.75 Å². The van der Waals surface area contributed by atoms with Crippen molar-refractivity contribution < 1.29 is 14.2 Å². The molecular formula is C17H17FO2. The van der Waals surface area contributed by atoms with Crippen LogP contribution < -0.4 is 4.74 Å². The van der Waals surface area contributed by atoms with Crippen molar-refractivity contribution in [1.82, 2.24) is 0 Å². The molecule has 2 aromatic carbocycles. The number of rotatable bonds is 3. The molecule has 1 N–H and O–H groups in total. The highest BCUT2D eigenvalue weighted by atomic mass is 19.1. The van der Waals surface area contributed by atoms with Crippen molar-refractivity contribution in [3.63, 3.8) is 0 Å². The van der Waals surface area contributed by atoms with E-state index in [1.807, 2.05) is 18.2 Å². The van der Waals surface area contributed by atoms with Gasteiger partial charge in [-0.3, -0.25) is 0 Å². The molecule has 3 heteroatoms. The second-order valence-corrected chi connectivity index (χ2v) is 5.20. The highest BCUT2D eigenvalue weighted by Crippen LogP contribution is 2.36. The Hall–Kier alpha value is -1.87. The summed E-state index contributed by atoms with van der Waals surface area (Å²) in [6, 6.07) is 14.5. The largest absolute Gasteiger partial charge is 0.490 e. The van der Waals surface area contributed by atoms with Crippen molar-refractivity contribution in [2.24, 2.45) is 0 Å². The van der Waals surface area contributed by atoms with Gasteiger partial charge in [-0.05, 0) is 30.5 Å². The molecule has 3 rings (SSSR count). The molecule has 2 nitrogen and oxygen atoms in total. The van der Waals surface area contributed by atoms with Gasteiger partial charge in [-0.1, -0.05) is 30.3 Å². The summed E-state index contributed by atoms with van der Waals surface area (Å²) >= 11 is 0. The van der Waals surface area contributed by atoms with Crippen LogP contribution in [0.1, 0.15) is 30.1 Å². The van der Waals surface area contributed by atoms with E-state index in [2.05, 4.69) is 12.1 Å². The molecule has 2 atom stereocenters. The van der Waals surface area contributed by atoms with Gasteiger partial charge in [0.25, 0.3) is 0 Å². The molecule has 0 aliphatic carbocycles. The Kier molecular flexibility index (Phi) is 3.70. The van der Waals surface area contributed by atoms with E-state index in [4.69, 9.17) is 4.74 Å². The predicted octanol–water partition coefficient (Wildman–Crippen LogP) is 3.64. The van der Waals surface area contributed by atoms with Gasteiger partial charge in [0.15, 0.2) is 0 Å². The van der Waals surface area contributed by atoms with Gasteiger partial charge in [-0.15, -0.1) is 0 Å². The zero-order valence-corrected chi connectivity index (χ0v) is 11.1. The van der Waals surface area contributed by atoms with Crippen LogP contribution in [-0.4, -0.2) is 11.2 Å². The first-order valence-corrected chi connectivity index (χ1v) is 6.90. The Balaban J connectivity index is 1.68. The maximum atomic E-state index is 13.2. The van der Waals surface area contributed by atoms with Crippen molar-refractivity contribution in [3.05, 3.63) is 65.5 Å². The van der Waals surface area contributed by atoms with Crippen molar-refractivity contribution >= 4 is 0 Å². The second-order valence-electron chi connectivity index (χ2n) is 5.20. The quantitative estimate of drug-likeness (QED) is 0.924. The zero-order valence-electron chi connectivity index (χ0n) is 11.1. The fourth-order valence-corrected chi connectivity index (χ4v) is 2.64. The van der Waals surface area contributed by atoms with E-state index >= 15 is 0 Å². The molecule has 0 radical (unpaired) electrons. The summed E-state index contributed by atoms with van der Waals surface area (Å²) in [6.07, 6.45) is 1.63. The molecule has 0 bridgehead atoms. The van der Waals surface area contributed by atoms with E-state index < -0.39 is 6.10 Å². The number of hydrogen-bond donors (Lipinski definition) is 1. The maximum absolute atomic E-state index is 13.2. The third kappa shape index (κ3) is 2.83. The van der Waals surface area contributed by atoms with Crippen molar-refractivity contribution in [2.45, 2.75) is 31.5 Å². The number of aryl methyl sites for hydroxylation is 1. The number of aliphatic hydroxyl groups excluding tert-OH is 1. The number of benzene rings is 2.